The van der Waals surface area contributed by atoms with Crippen molar-refractivity contribution in [2.75, 3.05) is 0 Å². The molecule has 0 saturated carbocycles. The van der Waals surface area contributed by atoms with Gasteiger partial charge in [-0.25, -0.2) is 9.18 Å². The zero-order chi connectivity index (χ0) is 13.2. The Morgan fingerprint density at radius 2 is 2.12 bits per heavy atom. The summed E-state index contributed by atoms with van der Waals surface area (Å²) < 4.78 is 19.9. The summed E-state index contributed by atoms with van der Waals surface area (Å²) >= 11 is 3.23. The second-order valence-electron chi connectivity index (χ2n) is 4.12. The Labute approximate surface area is 108 Å². The third kappa shape index (κ3) is 3.19. The van der Waals surface area contributed by atoms with Gasteiger partial charge >= 0.3 is 5.97 Å². The van der Waals surface area contributed by atoms with E-state index < -0.39 is 11.6 Å². The molecule has 0 radical (unpaired) electrons. The van der Waals surface area contributed by atoms with Gasteiger partial charge in [-0.15, -0.1) is 0 Å². The van der Waals surface area contributed by atoms with Gasteiger partial charge in [0.25, 0.3) is 0 Å². The van der Waals surface area contributed by atoms with Gasteiger partial charge in [0.2, 0.25) is 5.67 Å². The first-order chi connectivity index (χ1) is 7.75. The monoisotopic (exact) mass is 304 g/mol. The standard InChI is InChI=1S/C12H14BrFO3/c1-7(2)17-10-5-4-8(6-9(10)13)12(3,14)11(15)16/h4-7H,1-3H3,(H,15,16). The van der Waals surface area contributed by atoms with Gasteiger partial charge in [-0.2, -0.15) is 0 Å². The molecule has 0 bridgehead atoms. The molecule has 0 fully saturated rings. The maximum Gasteiger partial charge on any atom is 0.345 e. The van der Waals surface area contributed by atoms with E-state index in [0.717, 1.165) is 6.92 Å². The maximum atomic E-state index is 13.9. The van der Waals surface area contributed by atoms with Crippen LogP contribution in [0.4, 0.5) is 4.39 Å². The highest BCUT2D eigenvalue weighted by atomic mass is 79.9. The smallest absolute Gasteiger partial charge is 0.345 e. The van der Waals surface area contributed by atoms with Crippen molar-refractivity contribution in [1.82, 2.24) is 0 Å². The number of carboxylic acids is 1. The number of benzene rings is 1. The molecule has 0 spiro atoms. The van der Waals surface area contributed by atoms with Crippen LogP contribution < -0.4 is 4.74 Å². The van der Waals surface area contributed by atoms with E-state index >= 15 is 0 Å². The minimum atomic E-state index is -2.40. The summed E-state index contributed by atoms with van der Waals surface area (Å²) in [4.78, 5) is 10.8. The van der Waals surface area contributed by atoms with Gasteiger partial charge in [0.15, 0.2) is 0 Å². The van der Waals surface area contributed by atoms with E-state index in [4.69, 9.17) is 9.84 Å². The highest BCUT2D eigenvalue weighted by molar-refractivity contribution is 9.10. The molecule has 0 saturated heterocycles. The number of halogens is 2. The van der Waals surface area contributed by atoms with Crippen molar-refractivity contribution in [1.29, 1.82) is 0 Å². The Bertz CT molecular complexity index is 430. The van der Waals surface area contributed by atoms with Crippen LogP contribution in [0.5, 0.6) is 5.75 Å². The average molecular weight is 305 g/mol. The first-order valence-electron chi connectivity index (χ1n) is 5.14. The summed E-state index contributed by atoms with van der Waals surface area (Å²) in [6, 6.07) is 4.39. The van der Waals surface area contributed by atoms with Gasteiger partial charge in [-0.05, 0) is 48.8 Å². The summed E-state index contributed by atoms with van der Waals surface area (Å²) in [5, 5.41) is 8.78. The number of carbonyl (C=O) groups is 1. The van der Waals surface area contributed by atoms with Gasteiger partial charge in [-0.1, -0.05) is 6.07 Å². The molecule has 1 rings (SSSR count). The molecule has 0 aromatic heterocycles. The van der Waals surface area contributed by atoms with Crippen LogP contribution in [0.3, 0.4) is 0 Å². The lowest BCUT2D eigenvalue weighted by Gasteiger charge is -2.18. The molecule has 1 unspecified atom stereocenters. The van der Waals surface area contributed by atoms with E-state index in [-0.39, 0.29) is 11.7 Å². The Balaban J connectivity index is 3.08. The Hall–Kier alpha value is -1.10. The lowest BCUT2D eigenvalue weighted by atomic mass is 9.98. The van der Waals surface area contributed by atoms with Gasteiger partial charge in [0, 0.05) is 5.56 Å². The highest BCUT2D eigenvalue weighted by Crippen LogP contribution is 2.33. The molecule has 1 aromatic rings. The topological polar surface area (TPSA) is 46.5 Å². The average Bonchev–Trinajstić information content (AvgIpc) is 2.20. The van der Waals surface area contributed by atoms with E-state index in [9.17, 15) is 9.18 Å². The largest absolute Gasteiger partial charge is 0.490 e. The predicted molar refractivity (Wildman–Crippen MR) is 66.0 cm³/mol. The fraction of sp³-hybridized carbons (Fsp3) is 0.417. The number of carboxylic acid groups (broad SMARTS) is 1. The fourth-order valence-corrected chi connectivity index (χ4v) is 1.74. The van der Waals surface area contributed by atoms with Crippen molar-refractivity contribution in [3.8, 4) is 5.75 Å². The summed E-state index contributed by atoms with van der Waals surface area (Å²) in [5.74, 6) is -0.952. The Morgan fingerprint density at radius 1 is 1.53 bits per heavy atom. The molecule has 0 aliphatic heterocycles. The molecule has 94 valence electrons. The number of ether oxygens (including phenoxy) is 1. The van der Waals surface area contributed by atoms with Crippen molar-refractivity contribution in [2.45, 2.75) is 32.5 Å². The van der Waals surface area contributed by atoms with Gasteiger partial charge < -0.3 is 9.84 Å². The molecule has 3 nitrogen and oxygen atoms in total. The van der Waals surface area contributed by atoms with Crippen molar-refractivity contribution in [3.63, 3.8) is 0 Å². The van der Waals surface area contributed by atoms with Crippen molar-refractivity contribution in [3.05, 3.63) is 28.2 Å². The van der Waals surface area contributed by atoms with Crippen LogP contribution in [0.1, 0.15) is 26.3 Å². The van der Waals surface area contributed by atoms with Crippen LogP contribution >= 0.6 is 15.9 Å². The third-order valence-corrected chi connectivity index (χ3v) is 2.86. The molecule has 17 heavy (non-hydrogen) atoms. The first-order valence-corrected chi connectivity index (χ1v) is 5.93. The second-order valence-corrected chi connectivity index (χ2v) is 4.97. The number of hydrogen-bond donors (Lipinski definition) is 1. The third-order valence-electron chi connectivity index (χ3n) is 2.24. The molecule has 1 N–H and O–H groups in total. The summed E-state index contributed by atoms with van der Waals surface area (Å²) in [6.45, 7) is 4.76. The van der Waals surface area contributed by atoms with Crippen molar-refractivity contribution in [2.24, 2.45) is 0 Å². The van der Waals surface area contributed by atoms with Gasteiger partial charge in [0.05, 0.1) is 10.6 Å². The quantitative estimate of drug-likeness (QED) is 0.926. The highest BCUT2D eigenvalue weighted by Gasteiger charge is 2.35. The van der Waals surface area contributed by atoms with E-state index in [1.54, 1.807) is 6.07 Å². The molecule has 0 amide bonds. The minimum Gasteiger partial charge on any atom is -0.490 e. The zero-order valence-electron chi connectivity index (χ0n) is 9.83. The predicted octanol–water partition coefficient (Wildman–Crippen LogP) is 3.51. The van der Waals surface area contributed by atoms with Crippen molar-refractivity contribution < 1.29 is 19.0 Å². The van der Waals surface area contributed by atoms with E-state index in [1.165, 1.54) is 12.1 Å². The normalized spacial score (nSPS) is 14.5. The molecule has 0 heterocycles. The van der Waals surface area contributed by atoms with Crippen LogP contribution in [-0.2, 0) is 10.5 Å². The number of rotatable bonds is 4. The van der Waals surface area contributed by atoms with Crippen LogP contribution in [0.15, 0.2) is 22.7 Å². The first kappa shape index (κ1) is 14.0. The van der Waals surface area contributed by atoms with Gasteiger partial charge in [-0.3, -0.25) is 0 Å². The molecular weight excluding hydrogens is 291 g/mol. The Kier molecular flexibility index (Phi) is 4.14. The van der Waals surface area contributed by atoms with E-state index in [2.05, 4.69) is 15.9 Å². The number of hydrogen-bond acceptors (Lipinski definition) is 2. The van der Waals surface area contributed by atoms with Crippen LogP contribution in [-0.4, -0.2) is 17.2 Å². The molecule has 5 heteroatoms. The number of alkyl halides is 1. The lowest BCUT2D eigenvalue weighted by molar-refractivity contribution is -0.150. The summed E-state index contributed by atoms with van der Waals surface area (Å²) in [7, 11) is 0. The van der Waals surface area contributed by atoms with Crippen LogP contribution in [0.25, 0.3) is 0 Å². The maximum absolute atomic E-state index is 13.9. The van der Waals surface area contributed by atoms with Crippen LogP contribution in [0, 0.1) is 0 Å². The summed E-state index contributed by atoms with van der Waals surface area (Å²) in [5.41, 5.74) is -2.33. The molecule has 0 aliphatic rings. The lowest BCUT2D eigenvalue weighted by Crippen LogP contribution is -2.26. The van der Waals surface area contributed by atoms with E-state index in [0.29, 0.717) is 10.2 Å². The molecule has 1 atom stereocenters. The van der Waals surface area contributed by atoms with E-state index in [1.807, 2.05) is 13.8 Å². The second kappa shape index (κ2) is 5.04. The fourth-order valence-electron chi connectivity index (χ4n) is 1.27. The molecular formula is C12H14BrFO3. The van der Waals surface area contributed by atoms with Crippen molar-refractivity contribution >= 4 is 21.9 Å². The zero-order valence-corrected chi connectivity index (χ0v) is 11.4. The Morgan fingerprint density at radius 3 is 2.53 bits per heavy atom. The van der Waals surface area contributed by atoms with Crippen LogP contribution in [0.2, 0.25) is 0 Å². The molecule has 1 aromatic carbocycles. The van der Waals surface area contributed by atoms with Gasteiger partial charge in [0.1, 0.15) is 5.75 Å². The molecule has 0 aliphatic carbocycles. The number of aliphatic carboxylic acids is 1. The minimum absolute atomic E-state index is 0.00613. The summed E-state index contributed by atoms with van der Waals surface area (Å²) in [6.07, 6.45) is -0.00613. The SMILES string of the molecule is CC(C)Oc1ccc(C(C)(F)C(=O)O)cc1Br.